The van der Waals surface area contributed by atoms with Crippen LogP contribution in [-0.4, -0.2) is 32.3 Å². The van der Waals surface area contributed by atoms with Crippen LogP contribution in [0.25, 0.3) is 0 Å². The lowest BCUT2D eigenvalue weighted by Gasteiger charge is -2.26. The number of carbonyl (C=O) groups excluding carboxylic acids is 1. The third-order valence-electron chi connectivity index (χ3n) is 5.00. The molecular weight excluding hydrogens is 330 g/mol. The summed E-state index contributed by atoms with van der Waals surface area (Å²) >= 11 is 0. The molecule has 1 fully saturated rings. The molecule has 2 aliphatic carbocycles. The smallest absolute Gasteiger partial charge is 0.272 e. The molecule has 1 unspecified atom stereocenters. The van der Waals surface area contributed by atoms with Gasteiger partial charge in [-0.3, -0.25) is 9.48 Å². The van der Waals surface area contributed by atoms with Crippen LogP contribution >= 0.6 is 0 Å². The van der Waals surface area contributed by atoms with Gasteiger partial charge in [0.2, 0.25) is 5.88 Å². The summed E-state index contributed by atoms with van der Waals surface area (Å²) in [5.74, 6) is 0.929. The molecule has 138 valence electrons. The van der Waals surface area contributed by atoms with Crippen molar-refractivity contribution in [3.63, 3.8) is 0 Å². The van der Waals surface area contributed by atoms with Gasteiger partial charge in [0, 0.05) is 6.04 Å². The summed E-state index contributed by atoms with van der Waals surface area (Å²) in [6.45, 7) is 4.89. The van der Waals surface area contributed by atoms with Crippen molar-refractivity contribution in [3.05, 3.63) is 35.5 Å². The molecule has 1 N–H and O–H groups in total. The summed E-state index contributed by atoms with van der Waals surface area (Å²) in [6.07, 6.45) is 10.4. The topological polar surface area (TPSA) is 81.9 Å². The van der Waals surface area contributed by atoms with Crippen molar-refractivity contribution in [3.8, 4) is 5.88 Å². The first-order valence-electron chi connectivity index (χ1n) is 9.44. The van der Waals surface area contributed by atoms with Crippen molar-refractivity contribution >= 4 is 5.91 Å². The highest BCUT2D eigenvalue weighted by Gasteiger charge is 2.28. The first-order valence-corrected chi connectivity index (χ1v) is 9.44. The van der Waals surface area contributed by atoms with E-state index in [4.69, 9.17) is 4.74 Å². The Balaban J connectivity index is 1.44. The van der Waals surface area contributed by atoms with Gasteiger partial charge in [-0.05, 0) is 57.4 Å². The van der Waals surface area contributed by atoms with Crippen molar-refractivity contribution in [1.29, 1.82) is 0 Å². The molecule has 2 aliphatic rings. The number of hydrogen-bond acceptors (Lipinski definition) is 5. The second kappa shape index (κ2) is 7.05. The Bertz CT molecular complexity index is 780. The quantitative estimate of drug-likeness (QED) is 0.862. The highest BCUT2D eigenvalue weighted by atomic mass is 16.5. The minimum Gasteiger partial charge on any atom is -0.476 e. The Kier molecular flexibility index (Phi) is 4.61. The van der Waals surface area contributed by atoms with Crippen LogP contribution in [-0.2, 0) is 6.42 Å². The summed E-state index contributed by atoms with van der Waals surface area (Å²) in [5.41, 5.74) is 2.66. The molecule has 1 amide bonds. The number of aryl methyl sites for hydroxylation is 1. The van der Waals surface area contributed by atoms with Gasteiger partial charge in [-0.1, -0.05) is 0 Å². The number of amides is 1. The normalized spacial score (nSPS) is 19.3. The summed E-state index contributed by atoms with van der Waals surface area (Å²) in [4.78, 5) is 21.1. The van der Waals surface area contributed by atoms with Crippen LogP contribution in [0.15, 0.2) is 18.6 Å². The molecule has 7 heteroatoms. The molecule has 2 heterocycles. The Morgan fingerprint density at radius 1 is 1.27 bits per heavy atom. The number of aromatic nitrogens is 4. The van der Waals surface area contributed by atoms with Gasteiger partial charge < -0.3 is 10.1 Å². The summed E-state index contributed by atoms with van der Waals surface area (Å²) in [6, 6.07) is 0.225. The predicted molar refractivity (Wildman–Crippen MR) is 96.0 cm³/mol. The van der Waals surface area contributed by atoms with E-state index in [-0.39, 0.29) is 18.0 Å². The maximum absolute atomic E-state index is 12.6. The predicted octanol–water partition coefficient (Wildman–Crippen LogP) is 2.85. The van der Waals surface area contributed by atoms with Crippen molar-refractivity contribution in [2.24, 2.45) is 5.92 Å². The molecule has 0 radical (unpaired) electrons. The maximum Gasteiger partial charge on any atom is 0.272 e. The monoisotopic (exact) mass is 355 g/mol. The van der Waals surface area contributed by atoms with Crippen LogP contribution < -0.4 is 10.1 Å². The zero-order valence-electron chi connectivity index (χ0n) is 15.3. The number of ether oxygens (including phenoxy) is 1. The van der Waals surface area contributed by atoms with Crippen LogP contribution in [0.4, 0.5) is 0 Å². The Hall–Kier alpha value is -2.44. The number of carbonyl (C=O) groups is 1. The molecule has 1 saturated carbocycles. The van der Waals surface area contributed by atoms with Crippen LogP contribution in [0.3, 0.4) is 0 Å². The van der Waals surface area contributed by atoms with Crippen molar-refractivity contribution in [2.45, 2.75) is 58.0 Å². The van der Waals surface area contributed by atoms with Crippen LogP contribution in [0, 0.1) is 5.92 Å². The minimum atomic E-state index is -0.208. The number of rotatable bonds is 6. The molecule has 2 aromatic heterocycles. The van der Waals surface area contributed by atoms with E-state index in [1.807, 2.05) is 10.9 Å². The van der Waals surface area contributed by atoms with Gasteiger partial charge in [-0.15, -0.1) is 0 Å². The lowest BCUT2D eigenvalue weighted by molar-refractivity contribution is 0.0924. The number of nitrogens with zero attached hydrogens (tertiary/aromatic N) is 4. The maximum atomic E-state index is 12.6. The van der Waals surface area contributed by atoms with E-state index in [2.05, 4.69) is 34.2 Å². The van der Waals surface area contributed by atoms with Gasteiger partial charge in [0.15, 0.2) is 0 Å². The van der Waals surface area contributed by atoms with Crippen LogP contribution in [0.2, 0.25) is 0 Å². The third-order valence-corrected chi connectivity index (χ3v) is 5.00. The fraction of sp³-hybridized carbons (Fsp3) is 0.579. The lowest BCUT2D eigenvalue weighted by Crippen LogP contribution is -2.33. The lowest BCUT2D eigenvalue weighted by atomic mass is 9.93. The molecule has 26 heavy (non-hydrogen) atoms. The molecule has 1 atom stereocenters. The summed E-state index contributed by atoms with van der Waals surface area (Å²) in [5, 5.41) is 7.61. The summed E-state index contributed by atoms with van der Waals surface area (Å²) in [7, 11) is 0. The first-order chi connectivity index (χ1) is 12.6. The molecule has 2 aromatic rings. The average Bonchev–Trinajstić information content (AvgIpc) is 3.36. The molecule has 0 aliphatic heterocycles. The van der Waals surface area contributed by atoms with E-state index in [1.165, 1.54) is 30.8 Å². The third kappa shape index (κ3) is 3.57. The van der Waals surface area contributed by atoms with Gasteiger partial charge in [-0.25, -0.2) is 9.97 Å². The van der Waals surface area contributed by atoms with Crippen LogP contribution in [0.1, 0.15) is 73.4 Å². The Labute approximate surface area is 153 Å². The van der Waals surface area contributed by atoms with Gasteiger partial charge in [0.05, 0.1) is 36.9 Å². The second-order valence-electron chi connectivity index (χ2n) is 7.51. The van der Waals surface area contributed by atoms with Crippen molar-refractivity contribution in [2.75, 3.05) is 6.61 Å². The van der Waals surface area contributed by atoms with Gasteiger partial charge >= 0.3 is 0 Å². The van der Waals surface area contributed by atoms with E-state index in [0.29, 0.717) is 24.1 Å². The van der Waals surface area contributed by atoms with E-state index in [0.717, 1.165) is 25.0 Å². The van der Waals surface area contributed by atoms with Crippen molar-refractivity contribution < 1.29 is 9.53 Å². The average molecular weight is 355 g/mol. The Morgan fingerprint density at radius 2 is 2.12 bits per heavy atom. The van der Waals surface area contributed by atoms with E-state index in [9.17, 15) is 4.79 Å². The van der Waals surface area contributed by atoms with E-state index in [1.54, 1.807) is 0 Å². The second-order valence-corrected chi connectivity index (χ2v) is 7.51. The minimum absolute atomic E-state index is 0.0382. The molecule has 7 nitrogen and oxygen atoms in total. The SMILES string of the molecule is CC(C)n1ncc2c1C(NC(=O)c1cnc(OCC3CC3)cn1)CCC2. The number of nitrogens with one attached hydrogen (secondary N) is 1. The van der Waals surface area contributed by atoms with Gasteiger partial charge in [0.1, 0.15) is 5.69 Å². The molecule has 0 aromatic carbocycles. The van der Waals surface area contributed by atoms with E-state index >= 15 is 0 Å². The fourth-order valence-corrected chi connectivity index (χ4v) is 3.40. The standard InChI is InChI=1S/C19H25N5O2/c1-12(2)24-18-14(8-22-24)4-3-5-15(18)23-19(25)16-9-21-17(10-20-16)26-11-13-6-7-13/h8-10,12-13,15H,3-7,11H2,1-2H3,(H,23,25). The molecule has 4 rings (SSSR count). The zero-order chi connectivity index (χ0) is 18.1. The fourth-order valence-electron chi connectivity index (χ4n) is 3.40. The number of hydrogen-bond donors (Lipinski definition) is 1. The molecular formula is C19H25N5O2. The van der Waals surface area contributed by atoms with E-state index < -0.39 is 0 Å². The highest BCUT2D eigenvalue weighted by Crippen LogP contribution is 2.31. The highest BCUT2D eigenvalue weighted by molar-refractivity contribution is 5.92. The zero-order valence-corrected chi connectivity index (χ0v) is 15.3. The molecule has 0 bridgehead atoms. The van der Waals surface area contributed by atoms with Crippen molar-refractivity contribution in [1.82, 2.24) is 25.1 Å². The van der Waals surface area contributed by atoms with Crippen LogP contribution in [0.5, 0.6) is 5.88 Å². The Morgan fingerprint density at radius 3 is 2.81 bits per heavy atom. The molecule has 0 spiro atoms. The largest absolute Gasteiger partial charge is 0.476 e. The summed E-state index contributed by atoms with van der Waals surface area (Å²) < 4.78 is 7.59. The van der Waals surface area contributed by atoms with Gasteiger partial charge in [0.25, 0.3) is 5.91 Å². The number of fused-ring (bicyclic) bond motifs is 1. The molecule has 0 saturated heterocycles. The van der Waals surface area contributed by atoms with Gasteiger partial charge in [-0.2, -0.15) is 5.10 Å². The first kappa shape index (κ1) is 17.0.